The van der Waals surface area contributed by atoms with Gasteiger partial charge in [0.05, 0.1) is 6.61 Å². The Balaban J connectivity index is 1.86. The summed E-state index contributed by atoms with van der Waals surface area (Å²) in [5.74, 6) is 1.88. The van der Waals surface area contributed by atoms with E-state index in [0.29, 0.717) is 25.0 Å². The molecule has 1 aliphatic carbocycles. The summed E-state index contributed by atoms with van der Waals surface area (Å²) >= 11 is 6.02. The van der Waals surface area contributed by atoms with Crippen LogP contribution in [0, 0.1) is 18.8 Å². The molecular weight excluding hydrogens is 322 g/mol. The predicted molar refractivity (Wildman–Crippen MR) is 90.1 cm³/mol. The molecule has 0 heterocycles. The van der Waals surface area contributed by atoms with Crippen molar-refractivity contribution in [3.8, 4) is 5.75 Å². The second-order valence-electron chi connectivity index (χ2n) is 5.98. The number of halogens is 1. The summed E-state index contributed by atoms with van der Waals surface area (Å²) in [5.41, 5.74) is 1.02. The highest BCUT2D eigenvalue weighted by molar-refractivity contribution is 7.70. The Morgan fingerprint density at radius 3 is 2.68 bits per heavy atom. The van der Waals surface area contributed by atoms with Gasteiger partial charge in [0.25, 0.3) is 0 Å². The molecule has 0 aliphatic heterocycles. The maximum absolute atomic E-state index is 10.6. The van der Waals surface area contributed by atoms with Gasteiger partial charge < -0.3 is 4.74 Å². The van der Waals surface area contributed by atoms with Gasteiger partial charge in [-0.05, 0) is 55.4 Å². The quantitative estimate of drug-likeness (QED) is 0.745. The molecule has 6 heteroatoms. The lowest BCUT2D eigenvalue weighted by molar-refractivity contribution is 0.143. The first-order chi connectivity index (χ1) is 10.6. The minimum atomic E-state index is -2.49. The van der Waals surface area contributed by atoms with Gasteiger partial charge in [-0.15, -0.1) is 0 Å². The Morgan fingerprint density at radius 1 is 1.27 bits per heavy atom. The van der Waals surface area contributed by atoms with Crippen LogP contribution in [0.1, 0.15) is 37.7 Å². The summed E-state index contributed by atoms with van der Waals surface area (Å²) in [6.07, 6.45) is 5.65. The van der Waals surface area contributed by atoms with Crippen LogP contribution < -0.4 is 9.46 Å². The third kappa shape index (κ3) is 5.45. The van der Waals surface area contributed by atoms with E-state index in [-0.39, 0.29) is 0 Å². The van der Waals surface area contributed by atoms with Crippen LogP contribution in [-0.4, -0.2) is 21.6 Å². The van der Waals surface area contributed by atoms with Crippen molar-refractivity contribution in [3.63, 3.8) is 0 Å². The number of aryl methyl sites for hydroxylation is 1. The van der Waals surface area contributed by atoms with Crippen molar-refractivity contribution in [2.75, 3.05) is 13.2 Å². The van der Waals surface area contributed by atoms with Gasteiger partial charge in [-0.25, -0.2) is 13.1 Å². The average Bonchev–Trinajstić information content (AvgIpc) is 2.49. The highest BCUT2D eigenvalue weighted by Gasteiger charge is 2.25. The molecule has 4 nitrogen and oxygen atoms in total. The summed E-state index contributed by atoms with van der Waals surface area (Å²) in [6.45, 7) is 3.18. The molecule has 2 unspecified atom stereocenters. The van der Waals surface area contributed by atoms with Crippen LogP contribution in [0.3, 0.4) is 0 Å². The number of benzene rings is 1. The first-order valence-corrected chi connectivity index (χ1v) is 9.38. The van der Waals surface area contributed by atoms with E-state index in [0.717, 1.165) is 35.6 Å². The van der Waals surface area contributed by atoms with Crippen molar-refractivity contribution in [2.24, 2.45) is 11.8 Å². The number of hydrogen-bond acceptors (Lipinski definition) is 3. The fourth-order valence-electron chi connectivity index (χ4n) is 3.14. The van der Waals surface area contributed by atoms with Gasteiger partial charge in [0.2, 0.25) is 10.9 Å². The smallest absolute Gasteiger partial charge is 0.201 e. The zero-order chi connectivity index (χ0) is 15.9. The molecule has 2 atom stereocenters. The summed E-state index contributed by atoms with van der Waals surface area (Å²) in [6, 6.07) is 5.72. The molecule has 0 saturated heterocycles. The molecule has 1 fully saturated rings. The number of hydrogen-bond donors (Lipinski definition) is 2. The van der Waals surface area contributed by atoms with Crippen LogP contribution in [0.5, 0.6) is 5.75 Å². The minimum absolute atomic E-state index is 0.496. The third-order valence-corrected chi connectivity index (χ3v) is 5.32. The number of thiol groups is 1. The Kier molecular flexibility index (Phi) is 6.99. The van der Waals surface area contributed by atoms with Crippen LogP contribution >= 0.6 is 11.6 Å². The maximum atomic E-state index is 10.6. The van der Waals surface area contributed by atoms with Crippen LogP contribution in [0.4, 0.5) is 0 Å². The highest BCUT2D eigenvalue weighted by Crippen LogP contribution is 2.33. The molecule has 1 saturated carbocycles. The van der Waals surface area contributed by atoms with E-state index in [1.54, 1.807) is 0 Å². The fourth-order valence-corrected chi connectivity index (χ4v) is 3.56. The van der Waals surface area contributed by atoms with Crippen molar-refractivity contribution in [3.05, 3.63) is 28.8 Å². The zero-order valence-corrected chi connectivity index (χ0v) is 14.5. The monoisotopic (exact) mass is 345 g/mol. The standard InChI is InChI=1S/C16H24ClNO3S/c1-12-10-15(6-7-16(12)17)21-11-14-5-3-2-4-13(14)8-9-18-22(19)20/h6-7,10,13-14,22H,2-5,8-9,11H2,1H3,(H,18,19,20). The average molecular weight is 346 g/mol. The van der Waals surface area contributed by atoms with Crippen molar-refractivity contribution < 1.29 is 13.2 Å². The third-order valence-electron chi connectivity index (χ3n) is 4.42. The topological polar surface area (TPSA) is 55.4 Å². The van der Waals surface area contributed by atoms with Crippen LogP contribution in [0.15, 0.2) is 18.2 Å². The molecule has 1 aromatic rings. The Bertz CT molecular complexity index is 554. The summed E-state index contributed by atoms with van der Waals surface area (Å²) in [5, 5.41) is 0.751. The highest BCUT2D eigenvalue weighted by atomic mass is 35.5. The van der Waals surface area contributed by atoms with E-state index in [1.807, 2.05) is 25.1 Å². The molecule has 0 spiro atoms. The van der Waals surface area contributed by atoms with E-state index in [1.165, 1.54) is 12.8 Å². The summed E-state index contributed by atoms with van der Waals surface area (Å²) in [4.78, 5) is 0. The van der Waals surface area contributed by atoms with Crippen molar-refractivity contribution in [2.45, 2.75) is 39.0 Å². The lowest BCUT2D eigenvalue weighted by Gasteiger charge is -2.31. The molecule has 1 aliphatic rings. The van der Waals surface area contributed by atoms with E-state index in [9.17, 15) is 8.42 Å². The molecule has 0 bridgehead atoms. The lowest BCUT2D eigenvalue weighted by atomic mass is 9.78. The second kappa shape index (κ2) is 8.75. The Hall–Kier alpha value is -0.780. The summed E-state index contributed by atoms with van der Waals surface area (Å²) < 4.78 is 29.6. The fraction of sp³-hybridized carbons (Fsp3) is 0.625. The van der Waals surface area contributed by atoms with E-state index >= 15 is 0 Å². The Morgan fingerprint density at radius 2 is 2.00 bits per heavy atom. The van der Waals surface area contributed by atoms with Gasteiger partial charge in [-0.2, -0.15) is 0 Å². The van der Waals surface area contributed by atoms with Gasteiger partial charge in [-0.1, -0.05) is 30.9 Å². The molecule has 1 N–H and O–H groups in total. The SMILES string of the molecule is Cc1cc(OCC2CCCCC2CCN[SH](=O)=O)ccc1Cl. The van der Waals surface area contributed by atoms with Gasteiger partial charge in [-0.3, -0.25) is 0 Å². The van der Waals surface area contributed by atoms with E-state index in [4.69, 9.17) is 16.3 Å². The van der Waals surface area contributed by atoms with Gasteiger partial charge in [0.15, 0.2) is 0 Å². The first kappa shape index (κ1) is 17.6. The Labute approximate surface area is 139 Å². The van der Waals surface area contributed by atoms with Gasteiger partial charge in [0.1, 0.15) is 5.75 Å². The number of ether oxygens (including phenoxy) is 1. The van der Waals surface area contributed by atoms with E-state index in [2.05, 4.69) is 4.72 Å². The molecule has 22 heavy (non-hydrogen) atoms. The zero-order valence-electron chi connectivity index (χ0n) is 12.9. The number of nitrogens with one attached hydrogen (secondary N) is 1. The molecule has 0 radical (unpaired) electrons. The van der Waals surface area contributed by atoms with Crippen LogP contribution in [0.2, 0.25) is 5.02 Å². The van der Waals surface area contributed by atoms with Crippen LogP contribution in [0.25, 0.3) is 0 Å². The molecule has 2 rings (SSSR count). The summed E-state index contributed by atoms with van der Waals surface area (Å²) in [7, 11) is -2.49. The predicted octanol–water partition coefficient (Wildman–Crippen LogP) is 3.34. The lowest BCUT2D eigenvalue weighted by Crippen LogP contribution is -2.28. The van der Waals surface area contributed by atoms with E-state index < -0.39 is 10.9 Å². The second-order valence-corrected chi connectivity index (χ2v) is 7.22. The van der Waals surface area contributed by atoms with Gasteiger partial charge >= 0.3 is 0 Å². The normalized spacial score (nSPS) is 22.0. The first-order valence-electron chi connectivity index (χ1n) is 7.83. The minimum Gasteiger partial charge on any atom is -0.493 e. The molecule has 1 aromatic carbocycles. The van der Waals surface area contributed by atoms with Gasteiger partial charge in [0, 0.05) is 11.6 Å². The van der Waals surface area contributed by atoms with Crippen LogP contribution in [-0.2, 0) is 10.9 Å². The molecule has 0 aromatic heterocycles. The molecule has 124 valence electrons. The largest absolute Gasteiger partial charge is 0.493 e. The van der Waals surface area contributed by atoms with Crippen molar-refractivity contribution in [1.29, 1.82) is 0 Å². The maximum Gasteiger partial charge on any atom is 0.201 e. The van der Waals surface area contributed by atoms with Crippen molar-refractivity contribution in [1.82, 2.24) is 4.72 Å². The number of rotatable bonds is 7. The molecule has 0 amide bonds. The molecular formula is C16H24ClNO3S. The van der Waals surface area contributed by atoms with Crippen molar-refractivity contribution >= 4 is 22.5 Å².